The number of carbonyl (C=O) groups excluding carboxylic acids is 1. The largest absolute Gasteiger partial charge is 0.441 e. The third kappa shape index (κ3) is 4.78. The van der Waals surface area contributed by atoms with Gasteiger partial charge in [0.1, 0.15) is 17.7 Å². The van der Waals surface area contributed by atoms with Gasteiger partial charge in [-0.05, 0) is 26.7 Å². The summed E-state index contributed by atoms with van der Waals surface area (Å²) in [5.41, 5.74) is 1.61. The Morgan fingerprint density at radius 3 is 3.09 bits per heavy atom. The molecule has 1 amide bonds. The van der Waals surface area contributed by atoms with Crippen molar-refractivity contribution in [3.8, 4) is 6.07 Å². The molecule has 0 spiro atoms. The van der Waals surface area contributed by atoms with Gasteiger partial charge in [0.2, 0.25) is 5.95 Å². The van der Waals surface area contributed by atoms with Crippen molar-refractivity contribution >= 4 is 23.5 Å². The van der Waals surface area contributed by atoms with Crippen LogP contribution in [0.1, 0.15) is 43.3 Å². The number of aromatic amines is 1. The van der Waals surface area contributed by atoms with Gasteiger partial charge in [0.05, 0.1) is 18.0 Å². The van der Waals surface area contributed by atoms with E-state index < -0.39 is 24.5 Å². The quantitative estimate of drug-likeness (QED) is 0.383. The number of amides is 1. The molecule has 12 nitrogen and oxygen atoms in total. The molecule has 4 N–H and O–H groups in total. The molecule has 0 aromatic carbocycles. The number of nitrogens with one attached hydrogen (secondary N) is 3. The van der Waals surface area contributed by atoms with Gasteiger partial charge in [-0.15, -0.1) is 0 Å². The molecule has 1 aliphatic heterocycles. The Bertz CT molecular complexity index is 1200. The molecule has 0 aliphatic carbocycles. The van der Waals surface area contributed by atoms with Crippen LogP contribution in [0.5, 0.6) is 0 Å². The van der Waals surface area contributed by atoms with Crippen LogP contribution in [-0.2, 0) is 15.9 Å². The SMILES string of the molecule is CC(C)NC(=O)O[C@@H]1CO[C@H](c2cc(Nc3nc(CCCO)c(C#N)c4nccn34)n[nH]2)[C@H]1F. The zero-order chi connectivity index (χ0) is 24.2. The zero-order valence-electron chi connectivity index (χ0n) is 18.7. The van der Waals surface area contributed by atoms with Crippen molar-refractivity contribution < 1.29 is 23.8 Å². The average Bonchev–Trinajstić information content (AvgIpc) is 3.53. The summed E-state index contributed by atoms with van der Waals surface area (Å²) >= 11 is 0. The van der Waals surface area contributed by atoms with Gasteiger partial charge in [-0.1, -0.05) is 0 Å². The van der Waals surface area contributed by atoms with Crippen LogP contribution in [-0.4, -0.2) is 67.3 Å². The number of aryl methyl sites for hydroxylation is 1. The average molecular weight is 472 g/mol. The lowest BCUT2D eigenvalue weighted by molar-refractivity contribution is 0.0615. The highest BCUT2D eigenvalue weighted by Crippen LogP contribution is 2.33. The number of hydrogen-bond acceptors (Lipinski definition) is 9. The third-order valence-electron chi connectivity index (χ3n) is 5.20. The Labute approximate surface area is 194 Å². The second kappa shape index (κ2) is 10.0. The highest BCUT2D eigenvalue weighted by molar-refractivity contribution is 5.67. The topological polar surface area (TPSA) is 162 Å². The van der Waals surface area contributed by atoms with Crippen LogP contribution in [0.15, 0.2) is 18.5 Å². The Morgan fingerprint density at radius 1 is 1.53 bits per heavy atom. The summed E-state index contributed by atoms with van der Waals surface area (Å²) in [6, 6.07) is 3.56. The Kier molecular flexibility index (Phi) is 6.90. The van der Waals surface area contributed by atoms with Crippen molar-refractivity contribution in [2.45, 2.75) is 51.1 Å². The minimum atomic E-state index is -1.58. The molecule has 1 saturated heterocycles. The number of imidazole rings is 1. The summed E-state index contributed by atoms with van der Waals surface area (Å²) in [7, 11) is 0. The van der Waals surface area contributed by atoms with Crippen molar-refractivity contribution in [3.63, 3.8) is 0 Å². The number of ether oxygens (including phenoxy) is 2. The number of nitrogens with zero attached hydrogens (tertiary/aromatic N) is 5. The van der Waals surface area contributed by atoms with E-state index >= 15 is 0 Å². The molecule has 3 aromatic rings. The van der Waals surface area contributed by atoms with E-state index in [1.54, 1.807) is 36.7 Å². The van der Waals surface area contributed by atoms with Crippen LogP contribution in [0, 0.1) is 11.3 Å². The van der Waals surface area contributed by atoms with E-state index in [4.69, 9.17) is 14.6 Å². The first kappa shape index (κ1) is 23.4. The zero-order valence-corrected chi connectivity index (χ0v) is 18.7. The lowest BCUT2D eigenvalue weighted by atomic mass is 10.1. The molecule has 34 heavy (non-hydrogen) atoms. The molecule has 0 unspecified atom stereocenters. The number of alkyl carbamates (subject to hydrolysis) is 1. The van der Waals surface area contributed by atoms with Gasteiger partial charge in [0.25, 0.3) is 0 Å². The summed E-state index contributed by atoms with van der Waals surface area (Å²) in [6.45, 7) is 3.43. The molecule has 180 valence electrons. The maximum absolute atomic E-state index is 14.9. The Hall–Kier alpha value is -3.76. The number of halogens is 1. The lowest BCUT2D eigenvalue weighted by Gasteiger charge is -2.16. The van der Waals surface area contributed by atoms with E-state index in [0.29, 0.717) is 47.2 Å². The van der Waals surface area contributed by atoms with Gasteiger partial charge in [-0.2, -0.15) is 10.4 Å². The summed E-state index contributed by atoms with van der Waals surface area (Å²) < 4.78 is 27.2. The predicted octanol–water partition coefficient (Wildman–Crippen LogP) is 1.91. The van der Waals surface area contributed by atoms with Crippen molar-refractivity contribution in [3.05, 3.63) is 35.4 Å². The number of carbonyl (C=O) groups is 1. The van der Waals surface area contributed by atoms with E-state index in [-0.39, 0.29) is 19.3 Å². The third-order valence-corrected chi connectivity index (χ3v) is 5.20. The molecule has 4 heterocycles. The number of aliphatic hydroxyl groups is 1. The number of anilines is 2. The van der Waals surface area contributed by atoms with Gasteiger partial charge in [0, 0.05) is 31.1 Å². The van der Waals surface area contributed by atoms with Gasteiger partial charge >= 0.3 is 6.09 Å². The molecule has 0 saturated carbocycles. The highest BCUT2D eigenvalue weighted by atomic mass is 19.1. The van der Waals surface area contributed by atoms with Crippen molar-refractivity contribution in [1.29, 1.82) is 5.26 Å². The molecule has 13 heteroatoms. The van der Waals surface area contributed by atoms with Gasteiger partial charge < -0.3 is 25.2 Å². The first-order valence-electron chi connectivity index (χ1n) is 10.8. The lowest BCUT2D eigenvalue weighted by Crippen LogP contribution is -2.36. The molecule has 3 aromatic heterocycles. The first-order valence-corrected chi connectivity index (χ1v) is 10.8. The van der Waals surface area contributed by atoms with Gasteiger partial charge in [-0.3, -0.25) is 9.50 Å². The highest BCUT2D eigenvalue weighted by Gasteiger charge is 2.42. The fourth-order valence-electron chi connectivity index (χ4n) is 3.66. The number of aromatic nitrogens is 5. The van der Waals surface area contributed by atoms with Gasteiger partial charge in [-0.25, -0.2) is 19.2 Å². The normalized spacial score (nSPS) is 19.9. The molecule has 1 aliphatic rings. The monoisotopic (exact) mass is 472 g/mol. The molecule has 0 radical (unpaired) electrons. The second-order valence-corrected chi connectivity index (χ2v) is 8.09. The summed E-state index contributed by atoms with van der Waals surface area (Å²) in [5, 5.41) is 31.2. The Morgan fingerprint density at radius 2 is 2.35 bits per heavy atom. The standard InChI is InChI=1S/C21H25FN8O4/c1-11(2)25-21(32)34-15-10-33-18(17(15)22)14-8-16(29-28-14)27-20-26-13(4-3-7-31)12(9-23)19-24-5-6-30(19)20/h5-6,8,11,15,17-18,31H,3-4,7,10H2,1-2H3,(H,25,32)(H2,26,27,28,29)/t15-,17+,18-/m1/s1. The van der Waals surface area contributed by atoms with E-state index in [2.05, 4.69) is 36.9 Å². The number of H-pyrrole nitrogens is 1. The molecule has 3 atom stereocenters. The minimum absolute atomic E-state index is 0.0344. The van der Waals surface area contributed by atoms with Crippen LogP contribution >= 0.6 is 0 Å². The number of rotatable bonds is 8. The maximum atomic E-state index is 14.9. The molecule has 1 fully saturated rings. The minimum Gasteiger partial charge on any atom is -0.441 e. The van der Waals surface area contributed by atoms with Crippen LogP contribution in [0.3, 0.4) is 0 Å². The molecule has 0 bridgehead atoms. The molecular weight excluding hydrogens is 447 g/mol. The fourth-order valence-corrected chi connectivity index (χ4v) is 3.66. The molecular formula is C21H25FN8O4. The van der Waals surface area contributed by atoms with Gasteiger partial charge in [0.15, 0.2) is 23.7 Å². The van der Waals surface area contributed by atoms with Crippen LogP contribution < -0.4 is 10.6 Å². The summed E-state index contributed by atoms with van der Waals surface area (Å²) in [6.07, 6.45) is -0.266. The van der Waals surface area contributed by atoms with E-state index in [1.165, 1.54) is 0 Å². The number of aliphatic hydroxyl groups excluding tert-OH is 1. The van der Waals surface area contributed by atoms with Crippen molar-refractivity contribution in [2.24, 2.45) is 0 Å². The number of alkyl halides is 1. The number of nitriles is 1. The van der Waals surface area contributed by atoms with Crippen molar-refractivity contribution in [1.82, 2.24) is 29.9 Å². The Balaban J connectivity index is 1.51. The van der Waals surface area contributed by atoms with E-state index in [9.17, 15) is 14.4 Å². The second-order valence-electron chi connectivity index (χ2n) is 8.09. The summed E-state index contributed by atoms with van der Waals surface area (Å²) in [5.74, 6) is 0.696. The number of hydrogen-bond donors (Lipinski definition) is 4. The molecule has 4 rings (SSSR count). The van der Waals surface area contributed by atoms with Crippen LogP contribution in [0.4, 0.5) is 21.0 Å². The maximum Gasteiger partial charge on any atom is 0.407 e. The van der Waals surface area contributed by atoms with Crippen LogP contribution in [0.2, 0.25) is 0 Å². The van der Waals surface area contributed by atoms with E-state index in [1.807, 2.05) is 0 Å². The predicted molar refractivity (Wildman–Crippen MR) is 117 cm³/mol. The van der Waals surface area contributed by atoms with Crippen molar-refractivity contribution in [2.75, 3.05) is 18.5 Å². The fraction of sp³-hybridized carbons (Fsp3) is 0.476. The summed E-state index contributed by atoms with van der Waals surface area (Å²) in [4.78, 5) is 20.6. The van der Waals surface area contributed by atoms with E-state index in [0.717, 1.165) is 0 Å². The van der Waals surface area contributed by atoms with Crippen LogP contribution in [0.25, 0.3) is 5.65 Å². The smallest absolute Gasteiger partial charge is 0.407 e. The first-order chi connectivity index (χ1) is 16.4. The number of fused-ring (bicyclic) bond motifs is 1.